The Bertz CT molecular complexity index is 595. The van der Waals surface area contributed by atoms with Gasteiger partial charge in [-0.15, -0.1) is 24.0 Å². The molecule has 1 aliphatic heterocycles. The second-order valence-electron chi connectivity index (χ2n) is 6.09. The van der Waals surface area contributed by atoms with E-state index < -0.39 is 0 Å². The van der Waals surface area contributed by atoms with E-state index in [9.17, 15) is 4.79 Å². The lowest BCUT2D eigenvalue weighted by atomic mass is 9.99. The summed E-state index contributed by atoms with van der Waals surface area (Å²) in [4.78, 5) is 18.3. The van der Waals surface area contributed by atoms with Crippen LogP contribution in [0.1, 0.15) is 12.5 Å². The quantitative estimate of drug-likeness (QED) is 0.315. The zero-order valence-electron chi connectivity index (χ0n) is 15.3. The van der Waals surface area contributed by atoms with E-state index in [1.54, 1.807) is 14.2 Å². The molecular formula is C18H28IN3O3. The van der Waals surface area contributed by atoms with E-state index in [1.807, 2.05) is 18.2 Å². The average molecular weight is 461 g/mol. The molecule has 2 rings (SSSR count). The number of hydrogen-bond donors (Lipinski definition) is 1. The van der Waals surface area contributed by atoms with Crippen LogP contribution in [0.4, 0.5) is 0 Å². The fourth-order valence-corrected chi connectivity index (χ4v) is 3.08. The van der Waals surface area contributed by atoms with Crippen molar-refractivity contribution in [1.29, 1.82) is 0 Å². The molecule has 1 saturated heterocycles. The number of guanidine groups is 1. The van der Waals surface area contributed by atoms with Gasteiger partial charge in [-0.05, 0) is 30.0 Å². The first-order chi connectivity index (χ1) is 11.6. The number of halogens is 1. The number of hydrogen-bond acceptors (Lipinski definition) is 4. The Morgan fingerprint density at radius 1 is 1.36 bits per heavy atom. The molecule has 2 unspecified atom stereocenters. The number of carbonyl (C=O) groups excluding carboxylic acids is 1. The summed E-state index contributed by atoms with van der Waals surface area (Å²) < 4.78 is 10.1. The molecule has 1 N–H and O–H groups in total. The summed E-state index contributed by atoms with van der Waals surface area (Å²) in [6.07, 6.45) is 0.875. The normalized spacial score (nSPS) is 20.0. The molecule has 0 amide bonds. The zero-order valence-corrected chi connectivity index (χ0v) is 17.7. The van der Waals surface area contributed by atoms with E-state index in [-0.39, 0.29) is 41.8 Å². The molecule has 1 fully saturated rings. The highest BCUT2D eigenvalue weighted by molar-refractivity contribution is 14.0. The maximum Gasteiger partial charge on any atom is 0.310 e. The molecule has 0 spiro atoms. The van der Waals surface area contributed by atoms with E-state index in [0.717, 1.165) is 31.2 Å². The number of likely N-dealkylation sites (tertiary alicyclic amines) is 1. The summed E-state index contributed by atoms with van der Waals surface area (Å²) >= 11 is 0. The van der Waals surface area contributed by atoms with Crippen LogP contribution in [0.2, 0.25) is 0 Å². The number of esters is 1. The van der Waals surface area contributed by atoms with E-state index >= 15 is 0 Å². The Balaban J connectivity index is 0.00000312. The number of benzene rings is 1. The number of methoxy groups -OCH3 is 2. The van der Waals surface area contributed by atoms with Crippen molar-refractivity contribution in [2.24, 2.45) is 16.8 Å². The van der Waals surface area contributed by atoms with Crippen LogP contribution in [-0.2, 0) is 16.0 Å². The van der Waals surface area contributed by atoms with Crippen molar-refractivity contribution < 1.29 is 14.3 Å². The maximum absolute atomic E-state index is 11.8. The van der Waals surface area contributed by atoms with Gasteiger partial charge in [0.05, 0.1) is 20.1 Å². The molecule has 0 aliphatic carbocycles. The van der Waals surface area contributed by atoms with Crippen LogP contribution >= 0.6 is 24.0 Å². The van der Waals surface area contributed by atoms with Gasteiger partial charge in [-0.2, -0.15) is 0 Å². The van der Waals surface area contributed by atoms with Crippen molar-refractivity contribution in [1.82, 2.24) is 10.2 Å². The van der Waals surface area contributed by atoms with Gasteiger partial charge in [-0.1, -0.05) is 19.1 Å². The number of ether oxygens (including phenoxy) is 2. The molecule has 1 aliphatic rings. The number of carbonyl (C=O) groups is 1. The zero-order chi connectivity index (χ0) is 17.5. The molecular weight excluding hydrogens is 433 g/mol. The highest BCUT2D eigenvalue weighted by Gasteiger charge is 2.36. The van der Waals surface area contributed by atoms with E-state index in [0.29, 0.717) is 6.54 Å². The minimum absolute atomic E-state index is 0. The molecule has 2 atom stereocenters. The first-order valence-electron chi connectivity index (χ1n) is 8.25. The van der Waals surface area contributed by atoms with Crippen molar-refractivity contribution in [3.8, 4) is 5.75 Å². The standard InChI is InChI=1S/C18H27N3O3.HI/c1-13-11-21(12-16(13)17(22)24-4)18(19-2)20-9-8-14-6-5-7-15(10-14)23-3;/h5-7,10,13,16H,8-9,11-12H2,1-4H3,(H,19,20);1H. The Morgan fingerprint density at radius 3 is 2.76 bits per heavy atom. The van der Waals surface area contributed by atoms with Crippen LogP contribution < -0.4 is 10.1 Å². The highest BCUT2D eigenvalue weighted by Crippen LogP contribution is 2.24. The lowest BCUT2D eigenvalue weighted by Gasteiger charge is -2.21. The van der Waals surface area contributed by atoms with Crippen LogP contribution in [0, 0.1) is 11.8 Å². The van der Waals surface area contributed by atoms with Gasteiger partial charge in [0.25, 0.3) is 0 Å². The summed E-state index contributed by atoms with van der Waals surface area (Å²) in [5.74, 6) is 1.72. The molecule has 0 aromatic heterocycles. The molecule has 0 radical (unpaired) electrons. The monoisotopic (exact) mass is 461 g/mol. The van der Waals surface area contributed by atoms with Crippen molar-refractivity contribution in [3.63, 3.8) is 0 Å². The number of nitrogens with zero attached hydrogens (tertiary/aromatic N) is 2. The lowest BCUT2D eigenvalue weighted by molar-refractivity contribution is -0.145. The molecule has 140 valence electrons. The van der Waals surface area contributed by atoms with Gasteiger partial charge in [-0.3, -0.25) is 9.79 Å². The van der Waals surface area contributed by atoms with Gasteiger partial charge < -0.3 is 19.7 Å². The topological polar surface area (TPSA) is 63.2 Å². The fraction of sp³-hybridized carbons (Fsp3) is 0.556. The van der Waals surface area contributed by atoms with Crippen LogP contribution in [-0.4, -0.2) is 57.7 Å². The smallest absolute Gasteiger partial charge is 0.310 e. The van der Waals surface area contributed by atoms with Gasteiger partial charge in [0.15, 0.2) is 5.96 Å². The second-order valence-corrected chi connectivity index (χ2v) is 6.09. The van der Waals surface area contributed by atoms with Gasteiger partial charge in [0, 0.05) is 26.7 Å². The van der Waals surface area contributed by atoms with Crippen molar-refractivity contribution in [2.75, 3.05) is 40.9 Å². The van der Waals surface area contributed by atoms with Gasteiger partial charge in [-0.25, -0.2) is 0 Å². The van der Waals surface area contributed by atoms with Crippen molar-refractivity contribution >= 4 is 35.9 Å². The summed E-state index contributed by atoms with van der Waals surface area (Å²) in [6, 6.07) is 8.05. The number of rotatable bonds is 5. The first kappa shape index (κ1) is 21.5. The van der Waals surface area contributed by atoms with Crippen LogP contribution in [0.5, 0.6) is 5.75 Å². The Hall–Kier alpha value is -1.51. The Kier molecular flexibility index (Phi) is 9.02. The number of nitrogens with one attached hydrogen (secondary N) is 1. The van der Waals surface area contributed by atoms with E-state index in [4.69, 9.17) is 9.47 Å². The van der Waals surface area contributed by atoms with Crippen molar-refractivity contribution in [2.45, 2.75) is 13.3 Å². The predicted molar refractivity (Wildman–Crippen MR) is 110 cm³/mol. The third-order valence-electron chi connectivity index (χ3n) is 4.46. The van der Waals surface area contributed by atoms with Crippen LogP contribution in [0.25, 0.3) is 0 Å². The third-order valence-corrected chi connectivity index (χ3v) is 4.46. The summed E-state index contributed by atoms with van der Waals surface area (Å²) in [5, 5.41) is 3.38. The molecule has 0 bridgehead atoms. The summed E-state index contributed by atoms with van der Waals surface area (Å²) in [6.45, 7) is 4.30. The van der Waals surface area contributed by atoms with Gasteiger partial charge in [0.2, 0.25) is 0 Å². The Labute approximate surface area is 167 Å². The highest BCUT2D eigenvalue weighted by atomic mass is 127. The van der Waals surface area contributed by atoms with Crippen molar-refractivity contribution in [3.05, 3.63) is 29.8 Å². The fourth-order valence-electron chi connectivity index (χ4n) is 3.08. The molecule has 0 saturated carbocycles. The molecule has 1 heterocycles. The summed E-state index contributed by atoms with van der Waals surface area (Å²) in [5.41, 5.74) is 1.21. The van der Waals surface area contributed by atoms with E-state index in [2.05, 4.69) is 28.2 Å². The molecule has 1 aromatic rings. The predicted octanol–water partition coefficient (Wildman–Crippen LogP) is 2.17. The van der Waals surface area contributed by atoms with Crippen LogP contribution in [0.15, 0.2) is 29.3 Å². The maximum atomic E-state index is 11.8. The first-order valence-corrected chi connectivity index (χ1v) is 8.25. The summed E-state index contributed by atoms with van der Waals surface area (Å²) in [7, 11) is 4.88. The van der Waals surface area contributed by atoms with E-state index in [1.165, 1.54) is 12.7 Å². The largest absolute Gasteiger partial charge is 0.497 e. The SMILES string of the molecule is CN=C(NCCc1cccc(OC)c1)N1CC(C)C(C(=O)OC)C1.I. The molecule has 7 heteroatoms. The molecule has 6 nitrogen and oxygen atoms in total. The third kappa shape index (κ3) is 5.76. The molecule has 1 aromatic carbocycles. The minimum Gasteiger partial charge on any atom is -0.497 e. The van der Waals surface area contributed by atoms with Gasteiger partial charge in [0.1, 0.15) is 5.75 Å². The average Bonchev–Trinajstić information content (AvgIpc) is 2.99. The minimum atomic E-state index is -0.142. The lowest BCUT2D eigenvalue weighted by Crippen LogP contribution is -2.41. The molecule has 25 heavy (non-hydrogen) atoms. The van der Waals surface area contributed by atoms with Crippen LogP contribution in [0.3, 0.4) is 0 Å². The number of aliphatic imine (C=N–C) groups is 1. The van der Waals surface area contributed by atoms with Gasteiger partial charge >= 0.3 is 5.97 Å². The second kappa shape index (κ2) is 10.5. The Morgan fingerprint density at radius 2 is 2.12 bits per heavy atom.